The highest BCUT2D eigenvalue weighted by Crippen LogP contribution is 2.05. The van der Waals surface area contributed by atoms with Gasteiger partial charge in [-0.3, -0.25) is 9.20 Å². The summed E-state index contributed by atoms with van der Waals surface area (Å²) in [4.78, 5) is 15.0. The number of aromatic nitrogens is 2. The van der Waals surface area contributed by atoms with Gasteiger partial charge in [0.15, 0.2) is 11.5 Å². The summed E-state index contributed by atoms with van der Waals surface area (Å²) in [6.07, 6.45) is 2.56. The largest absolute Gasteiger partial charge is 0.276 e. The highest BCUT2D eigenvalue weighted by atomic mass is 35.5. The second-order valence-electron chi connectivity index (χ2n) is 2.46. The first kappa shape index (κ1) is 8.19. The predicted octanol–water partition coefficient (Wildman–Crippen LogP) is 1.49. The van der Waals surface area contributed by atoms with Crippen LogP contribution in [-0.4, -0.2) is 9.38 Å². The van der Waals surface area contributed by atoms with E-state index in [0.29, 0.717) is 0 Å². The smallest absolute Gasteiger partial charge is 0.267 e. The summed E-state index contributed by atoms with van der Waals surface area (Å²) in [5.41, 5.74) is -0.483. The fourth-order valence-electron chi connectivity index (χ4n) is 1.05. The molecule has 0 aliphatic rings. The van der Waals surface area contributed by atoms with E-state index in [9.17, 15) is 9.18 Å². The third kappa shape index (κ3) is 1.19. The molecule has 0 spiro atoms. The molecule has 66 valence electrons. The molecule has 2 rings (SSSR count). The lowest BCUT2D eigenvalue weighted by Gasteiger charge is -1.99. The normalized spacial score (nSPS) is 10.6. The van der Waals surface area contributed by atoms with Gasteiger partial charge in [0.2, 0.25) is 0 Å². The number of hydrogen-bond acceptors (Lipinski definition) is 2. The number of fused-ring (bicyclic) bond motifs is 1. The molecular formula is C8H4ClFN2O. The Hall–Kier alpha value is -1.42. The SMILES string of the molecule is O=c1c(Cl)cnc2c(F)cccn12. The summed E-state index contributed by atoms with van der Waals surface area (Å²) < 4.78 is 14.1. The van der Waals surface area contributed by atoms with Crippen molar-refractivity contribution in [2.45, 2.75) is 0 Å². The molecule has 0 bridgehead atoms. The second kappa shape index (κ2) is 2.81. The van der Waals surface area contributed by atoms with Crippen molar-refractivity contribution in [3.63, 3.8) is 0 Å². The van der Waals surface area contributed by atoms with Crippen molar-refractivity contribution in [1.82, 2.24) is 9.38 Å². The van der Waals surface area contributed by atoms with Crippen LogP contribution in [0, 0.1) is 5.82 Å². The van der Waals surface area contributed by atoms with Gasteiger partial charge in [-0.1, -0.05) is 11.6 Å². The highest BCUT2D eigenvalue weighted by Gasteiger charge is 2.04. The van der Waals surface area contributed by atoms with Gasteiger partial charge in [-0.2, -0.15) is 0 Å². The molecule has 5 heteroatoms. The first-order valence-electron chi connectivity index (χ1n) is 3.51. The molecular weight excluding hydrogens is 195 g/mol. The molecule has 0 atom stereocenters. The Morgan fingerprint density at radius 1 is 1.54 bits per heavy atom. The van der Waals surface area contributed by atoms with E-state index in [1.165, 1.54) is 18.3 Å². The maximum atomic E-state index is 13.0. The molecule has 0 fully saturated rings. The van der Waals surface area contributed by atoms with E-state index in [4.69, 9.17) is 11.6 Å². The first-order chi connectivity index (χ1) is 6.20. The van der Waals surface area contributed by atoms with Crippen molar-refractivity contribution in [2.75, 3.05) is 0 Å². The predicted molar refractivity (Wildman–Crippen MR) is 46.4 cm³/mol. The Kier molecular flexibility index (Phi) is 1.77. The third-order valence-corrected chi connectivity index (χ3v) is 1.90. The molecule has 0 radical (unpaired) electrons. The number of pyridine rings is 1. The second-order valence-corrected chi connectivity index (χ2v) is 2.87. The average molecular weight is 199 g/mol. The third-order valence-electron chi connectivity index (χ3n) is 1.64. The van der Waals surface area contributed by atoms with Gasteiger partial charge in [0.25, 0.3) is 5.56 Å². The van der Waals surface area contributed by atoms with E-state index in [1.807, 2.05) is 0 Å². The minimum absolute atomic E-state index is 0.0168. The Balaban J connectivity index is 3.03. The molecule has 0 N–H and O–H groups in total. The van der Waals surface area contributed by atoms with Crippen LogP contribution in [0.4, 0.5) is 4.39 Å². The lowest BCUT2D eigenvalue weighted by Crippen LogP contribution is -2.15. The van der Waals surface area contributed by atoms with E-state index >= 15 is 0 Å². The molecule has 0 aliphatic heterocycles. The van der Waals surface area contributed by atoms with Crippen molar-refractivity contribution in [3.05, 3.63) is 45.7 Å². The Morgan fingerprint density at radius 3 is 3.08 bits per heavy atom. The van der Waals surface area contributed by atoms with Crippen molar-refractivity contribution >= 4 is 17.2 Å². The fraction of sp³-hybridized carbons (Fsp3) is 0. The lowest BCUT2D eigenvalue weighted by molar-refractivity contribution is 0.627. The zero-order valence-corrected chi connectivity index (χ0v) is 7.12. The minimum atomic E-state index is -0.545. The number of hydrogen-bond donors (Lipinski definition) is 0. The molecule has 0 amide bonds. The molecule has 2 aromatic heterocycles. The van der Waals surface area contributed by atoms with E-state index in [1.54, 1.807) is 0 Å². The minimum Gasteiger partial charge on any atom is -0.267 e. The van der Waals surface area contributed by atoms with Crippen molar-refractivity contribution < 1.29 is 4.39 Å². The van der Waals surface area contributed by atoms with Crippen LogP contribution in [0.5, 0.6) is 0 Å². The van der Waals surface area contributed by atoms with Gasteiger partial charge in [-0.15, -0.1) is 0 Å². The van der Waals surface area contributed by atoms with Gasteiger partial charge in [0, 0.05) is 6.20 Å². The monoisotopic (exact) mass is 198 g/mol. The van der Waals surface area contributed by atoms with Crippen LogP contribution in [0.1, 0.15) is 0 Å². The fourth-order valence-corrected chi connectivity index (χ4v) is 1.19. The maximum Gasteiger partial charge on any atom is 0.276 e. The van der Waals surface area contributed by atoms with Crippen LogP contribution in [0.3, 0.4) is 0 Å². The molecule has 2 heterocycles. The van der Waals surface area contributed by atoms with Gasteiger partial charge in [-0.05, 0) is 12.1 Å². The summed E-state index contributed by atoms with van der Waals surface area (Å²) in [5, 5.41) is -0.0249. The van der Waals surface area contributed by atoms with Crippen molar-refractivity contribution in [2.24, 2.45) is 0 Å². The Bertz CT molecular complexity index is 523. The van der Waals surface area contributed by atoms with Crippen LogP contribution >= 0.6 is 11.6 Å². The van der Waals surface area contributed by atoms with E-state index in [-0.39, 0.29) is 10.7 Å². The van der Waals surface area contributed by atoms with Gasteiger partial charge in [-0.25, -0.2) is 9.37 Å². The van der Waals surface area contributed by atoms with Crippen molar-refractivity contribution in [3.8, 4) is 0 Å². The van der Waals surface area contributed by atoms with Gasteiger partial charge in [0.1, 0.15) is 5.02 Å². The van der Waals surface area contributed by atoms with Crippen LogP contribution in [-0.2, 0) is 0 Å². The van der Waals surface area contributed by atoms with Gasteiger partial charge >= 0.3 is 0 Å². The quantitative estimate of drug-likeness (QED) is 0.643. The van der Waals surface area contributed by atoms with Crippen LogP contribution in [0.15, 0.2) is 29.3 Å². The van der Waals surface area contributed by atoms with Crippen molar-refractivity contribution in [1.29, 1.82) is 0 Å². The van der Waals surface area contributed by atoms with Crippen LogP contribution in [0.25, 0.3) is 5.65 Å². The molecule has 0 unspecified atom stereocenters. The summed E-state index contributed by atoms with van der Waals surface area (Å²) in [6.45, 7) is 0. The number of rotatable bonds is 0. The Labute approximate surface area is 77.4 Å². The van der Waals surface area contributed by atoms with E-state index < -0.39 is 11.4 Å². The molecule has 0 aliphatic carbocycles. The summed E-state index contributed by atoms with van der Waals surface area (Å²) >= 11 is 5.52. The Morgan fingerprint density at radius 2 is 2.31 bits per heavy atom. The average Bonchev–Trinajstić information content (AvgIpc) is 2.12. The summed E-state index contributed by atoms with van der Waals surface area (Å²) in [7, 11) is 0. The van der Waals surface area contributed by atoms with Gasteiger partial charge in [0.05, 0.1) is 6.20 Å². The molecule has 3 nitrogen and oxygen atoms in total. The zero-order valence-electron chi connectivity index (χ0n) is 6.37. The molecule has 2 aromatic rings. The number of nitrogens with zero attached hydrogens (tertiary/aromatic N) is 2. The van der Waals surface area contributed by atoms with E-state index in [2.05, 4.69) is 4.98 Å². The van der Waals surface area contributed by atoms with Gasteiger partial charge < -0.3 is 0 Å². The topological polar surface area (TPSA) is 34.4 Å². The van der Waals surface area contributed by atoms with Crippen LogP contribution < -0.4 is 5.56 Å². The van der Waals surface area contributed by atoms with Crippen LogP contribution in [0.2, 0.25) is 5.02 Å². The lowest BCUT2D eigenvalue weighted by atomic mass is 10.4. The molecule has 0 saturated heterocycles. The highest BCUT2D eigenvalue weighted by molar-refractivity contribution is 6.30. The van der Waals surface area contributed by atoms with E-state index in [0.717, 1.165) is 10.6 Å². The number of halogens is 2. The molecule has 0 aromatic carbocycles. The maximum absolute atomic E-state index is 13.0. The standard InChI is InChI=1S/C8H4ClFN2O/c9-5-4-11-7-6(10)2-1-3-12(7)8(5)13/h1-4H. The summed E-state index contributed by atoms with van der Waals surface area (Å²) in [5.74, 6) is -0.545. The molecule has 0 saturated carbocycles. The first-order valence-corrected chi connectivity index (χ1v) is 3.89. The summed E-state index contributed by atoms with van der Waals surface area (Å²) in [6, 6.07) is 2.65. The molecule has 13 heavy (non-hydrogen) atoms. The zero-order chi connectivity index (χ0) is 9.42.